The van der Waals surface area contributed by atoms with Crippen LogP contribution in [0.5, 0.6) is 0 Å². The van der Waals surface area contributed by atoms with E-state index in [4.69, 9.17) is 0 Å². The van der Waals surface area contributed by atoms with E-state index in [1.165, 1.54) is 0 Å². The molecular weight excluding hydrogens is 312 g/mol. The number of hydrogen-bond acceptors (Lipinski definition) is 3. The molecule has 1 aliphatic rings. The van der Waals surface area contributed by atoms with Crippen molar-refractivity contribution < 1.29 is 13.2 Å². The molecule has 1 aromatic rings. The number of aryl methyl sites for hydroxylation is 1. The molecule has 0 unspecified atom stereocenters. The van der Waals surface area contributed by atoms with Gasteiger partial charge in [-0.2, -0.15) is 0 Å². The summed E-state index contributed by atoms with van der Waals surface area (Å²) in [6.45, 7) is 4.93. The highest BCUT2D eigenvalue weighted by Gasteiger charge is 2.28. The molecule has 1 heterocycles. The molecule has 2 rings (SSSR count). The Labute approximate surface area is 139 Å². The average molecular weight is 338 g/mol. The maximum Gasteiger partial charge on any atom is 0.251 e. The summed E-state index contributed by atoms with van der Waals surface area (Å²) in [4.78, 5) is 12.2. The number of unbranched alkanes of at least 4 members (excludes halogenated alkanes) is 1. The minimum Gasteiger partial charge on any atom is -0.349 e. The van der Waals surface area contributed by atoms with Crippen molar-refractivity contribution >= 4 is 15.9 Å². The normalized spacial score (nSPS) is 17.1. The zero-order chi connectivity index (χ0) is 16.9. The average Bonchev–Trinajstić information content (AvgIpc) is 2.53. The van der Waals surface area contributed by atoms with Gasteiger partial charge in [-0.25, -0.2) is 12.7 Å². The van der Waals surface area contributed by atoms with E-state index in [1.54, 1.807) is 10.4 Å². The summed E-state index contributed by atoms with van der Waals surface area (Å²) in [5, 5.41) is 3.02. The molecule has 5 nitrogen and oxygen atoms in total. The molecule has 0 atom stereocenters. The second kappa shape index (κ2) is 7.93. The van der Waals surface area contributed by atoms with E-state index in [9.17, 15) is 13.2 Å². The van der Waals surface area contributed by atoms with E-state index in [2.05, 4.69) is 5.32 Å². The van der Waals surface area contributed by atoms with Gasteiger partial charge in [0.2, 0.25) is 10.0 Å². The quantitative estimate of drug-likeness (QED) is 0.865. The van der Waals surface area contributed by atoms with Crippen molar-refractivity contribution in [1.29, 1.82) is 0 Å². The molecule has 1 aliphatic heterocycles. The highest BCUT2D eigenvalue weighted by molar-refractivity contribution is 7.89. The topological polar surface area (TPSA) is 66.5 Å². The van der Waals surface area contributed by atoms with Crippen LogP contribution in [0.15, 0.2) is 24.3 Å². The fourth-order valence-corrected chi connectivity index (χ4v) is 4.47. The highest BCUT2D eigenvalue weighted by atomic mass is 32.2. The predicted molar refractivity (Wildman–Crippen MR) is 91.9 cm³/mol. The van der Waals surface area contributed by atoms with Gasteiger partial charge in [-0.1, -0.05) is 31.0 Å². The predicted octanol–water partition coefficient (Wildman–Crippen LogP) is 2.32. The lowest BCUT2D eigenvalue weighted by Crippen LogP contribution is -2.47. The fraction of sp³-hybridized carbons (Fsp3) is 0.588. The van der Waals surface area contributed by atoms with Gasteiger partial charge in [0.05, 0.1) is 5.75 Å². The van der Waals surface area contributed by atoms with Crippen LogP contribution in [-0.4, -0.2) is 43.5 Å². The maximum atomic E-state index is 12.2. The second-order valence-electron chi connectivity index (χ2n) is 6.19. The molecule has 0 aliphatic carbocycles. The number of rotatable bonds is 6. The Morgan fingerprint density at radius 3 is 2.61 bits per heavy atom. The Bertz CT molecular complexity index is 635. The molecule has 6 heteroatoms. The van der Waals surface area contributed by atoms with Gasteiger partial charge in [0.1, 0.15) is 0 Å². The van der Waals surface area contributed by atoms with Crippen molar-refractivity contribution in [3.05, 3.63) is 35.4 Å². The van der Waals surface area contributed by atoms with Gasteiger partial charge >= 0.3 is 0 Å². The SMILES string of the molecule is CCCCS(=O)(=O)N1CCC(NC(=O)c2cccc(C)c2)CC1. The molecule has 1 saturated heterocycles. The molecule has 0 bridgehead atoms. The standard InChI is InChI=1S/C17H26N2O3S/c1-3-4-12-23(21,22)19-10-8-16(9-11-19)18-17(20)15-7-5-6-14(2)13-15/h5-7,13,16H,3-4,8-12H2,1-2H3,(H,18,20). The van der Waals surface area contributed by atoms with Crippen molar-refractivity contribution in [1.82, 2.24) is 9.62 Å². The van der Waals surface area contributed by atoms with Crippen LogP contribution in [0.25, 0.3) is 0 Å². The number of piperidine rings is 1. The van der Waals surface area contributed by atoms with Gasteiger partial charge in [-0.3, -0.25) is 4.79 Å². The van der Waals surface area contributed by atoms with Gasteiger partial charge in [-0.05, 0) is 38.3 Å². The summed E-state index contributed by atoms with van der Waals surface area (Å²) in [5.41, 5.74) is 1.71. The third-order valence-electron chi connectivity index (χ3n) is 4.22. The summed E-state index contributed by atoms with van der Waals surface area (Å²) < 4.78 is 25.9. The molecule has 0 radical (unpaired) electrons. The molecule has 1 fully saturated rings. The Balaban J connectivity index is 1.86. The molecule has 0 aromatic heterocycles. The Morgan fingerprint density at radius 2 is 2.00 bits per heavy atom. The van der Waals surface area contributed by atoms with Crippen molar-refractivity contribution in [2.45, 2.75) is 45.6 Å². The van der Waals surface area contributed by atoms with Crippen molar-refractivity contribution in [3.8, 4) is 0 Å². The van der Waals surface area contributed by atoms with E-state index in [1.807, 2.05) is 32.0 Å². The molecule has 1 N–H and O–H groups in total. The lowest BCUT2D eigenvalue weighted by atomic mass is 10.1. The first-order valence-electron chi connectivity index (χ1n) is 8.27. The number of nitrogens with zero attached hydrogens (tertiary/aromatic N) is 1. The molecule has 1 amide bonds. The number of carbonyl (C=O) groups excluding carboxylic acids is 1. The van der Waals surface area contributed by atoms with Gasteiger partial charge in [0.15, 0.2) is 0 Å². The van der Waals surface area contributed by atoms with Gasteiger partial charge in [-0.15, -0.1) is 0 Å². The Morgan fingerprint density at radius 1 is 1.30 bits per heavy atom. The lowest BCUT2D eigenvalue weighted by molar-refractivity contribution is 0.0923. The van der Waals surface area contributed by atoms with Crippen LogP contribution in [0.3, 0.4) is 0 Å². The van der Waals surface area contributed by atoms with Gasteiger partial charge in [0.25, 0.3) is 5.91 Å². The molecule has 128 valence electrons. The highest BCUT2D eigenvalue weighted by Crippen LogP contribution is 2.16. The number of sulfonamides is 1. The summed E-state index contributed by atoms with van der Waals surface area (Å²) in [6.07, 6.45) is 2.92. The molecule has 1 aromatic carbocycles. The van der Waals surface area contributed by atoms with Crippen LogP contribution in [0.2, 0.25) is 0 Å². The molecule has 0 saturated carbocycles. The summed E-state index contributed by atoms with van der Waals surface area (Å²) in [6, 6.07) is 7.52. The first-order valence-corrected chi connectivity index (χ1v) is 9.88. The molecule has 23 heavy (non-hydrogen) atoms. The monoisotopic (exact) mass is 338 g/mol. The third kappa shape index (κ3) is 5.04. The summed E-state index contributed by atoms with van der Waals surface area (Å²) >= 11 is 0. The van der Waals surface area contributed by atoms with E-state index >= 15 is 0 Å². The van der Waals surface area contributed by atoms with Crippen LogP contribution in [0.4, 0.5) is 0 Å². The van der Waals surface area contributed by atoms with Crippen molar-refractivity contribution in [2.24, 2.45) is 0 Å². The number of amides is 1. The van der Waals surface area contributed by atoms with E-state index in [-0.39, 0.29) is 17.7 Å². The van der Waals surface area contributed by atoms with Crippen LogP contribution in [-0.2, 0) is 10.0 Å². The number of hydrogen-bond donors (Lipinski definition) is 1. The molecular formula is C17H26N2O3S. The number of benzene rings is 1. The first kappa shape index (κ1) is 17.9. The minimum absolute atomic E-state index is 0.0423. The zero-order valence-electron chi connectivity index (χ0n) is 13.9. The minimum atomic E-state index is -3.13. The maximum absolute atomic E-state index is 12.2. The Hall–Kier alpha value is -1.40. The van der Waals surface area contributed by atoms with E-state index in [0.717, 1.165) is 12.0 Å². The lowest BCUT2D eigenvalue weighted by Gasteiger charge is -2.31. The number of carbonyl (C=O) groups is 1. The van der Waals surface area contributed by atoms with Crippen LogP contribution in [0.1, 0.15) is 48.5 Å². The van der Waals surface area contributed by atoms with Gasteiger partial charge in [0, 0.05) is 24.7 Å². The smallest absolute Gasteiger partial charge is 0.251 e. The fourth-order valence-electron chi connectivity index (χ4n) is 2.79. The largest absolute Gasteiger partial charge is 0.349 e. The van der Waals surface area contributed by atoms with E-state index in [0.29, 0.717) is 37.9 Å². The first-order chi connectivity index (χ1) is 10.9. The van der Waals surface area contributed by atoms with Crippen molar-refractivity contribution in [2.75, 3.05) is 18.8 Å². The summed E-state index contributed by atoms with van der Waals surface area (Å²) in [7, 11) is -3.13. The van der Waals surface area contributed by atoms with Crippen molar-refractivity contribution in [3.63, 3.8) is 0 Å². The Kier molecular flexibility index (Phi) is 6.18. The third-order valence-corrected chi connectivity index (χ3v) is 6.18. The van der Waals surface area contributed by atoms with Gasteiger partial charge < -0.3 is 5.32 Å². The van der Waals surface area contributed by atoms with Crippen LogP contribution >= 0.6 is 0 Å². The molecule has 0 spiro atoms. The van der Waals surface area contributed by atoms with Crippen LogP contribution < -0.4 is 5.32 Å². The zero-order valence-corrected chi connectivity index (χ0v) is 14.7. The van der Waals surface area contributed by atoms with E-state index < -0.39 is 10.0 Å². The van der Waals surface area contributed by atoms with Crippen LogP contribution in [0, 0.1) is 6.92 Å². The second-order valence-corrected chi connectivity index (χ2v) is 8.27. The number of nitrogens with one attached hydrogen (secondary N) is 1. The summed E-state index contributed by atoms with van der Waals surface area (Å²) in [5.74, 6) is 0.144.